The molecule has 0 aromatic heterocycles. The van der Waals surface area contributed by atoms with Gasteiger partial charge in [-0.15, -0.1) is 0 Å². The van der Waals surface area contributed by atoms with Gasteiger partial charge in [-0.25, -0.2) is 0 Å². The highest BCUT2D eigenvalue weighted by molar-refractivity contribution is 5.81. The fraction of sp³-hybridized carbons (Fsp3) is 0.235. The summed E-state index contributed by atoms with van der Waals surface area (Å²) in [5, 5.41) is 2.89. The molecule has 0 heterocycles. The number of alkyl halides is 3. The maximum absolute atomic E-state index is 13.1. The lowest BCUT2D eigenvalue weighted by Gasteiger charge is -2.24. The van der Waals surface area contributed by atoms with Crippen molar-refractivity contribution >= 4 is 5.91 Å². The second-order valence-corrected chi connectivity index (χ2v) is 5.22. The number of amides is 1. The first-order chi connectivity index (χ1) is 10.8. The minimum atomic E-state index is -4.46. The Bertz CT molecular complexity index is 671. The molecule has 2 aromatic carbocycles. The fourth-order valence-electron chi connectivity index (χ4n) is 2.46. The first kappa shape index (κ1) is 17.0. The van der Waals surface area contributed by atoms with Crippen molar-refractivity contribution in [2.24, 2.45) is 5.73 Å². The molecule has 1 amide bonds. The summed E-state index contributed by atoms with van der Waals surface area (Å²) in [6.45, 7) is 1.57. The summed E-state index contributed by atoms with van der Waals surface area (Å²) < 4.78 is 39.3. The van der Waals surface area contributed by atoms with Crippen LogP contribution in [-0.4, -0.2) is 5.91 Å². The zero-order valence-electron chi connectivity index (χ0n) is 12.5. The maximum Gasteiger partial charge on any atom is 0.416 e. The third-order valence-electron chi connectivity index (χ3n) is 3.57. The highest BCUT2D eigenvalue weighted by Gasteiger charge is 2.34. The summed E-state index contributed by atoms with van der Waals surface area (Å²) in [5.41, 5.74) is 5.35. The predicted molar refractivity (Wildman–Crippen MR) is 81.4 cm³/mol. The van der Waals surface area contributed by atoms with Crippen LogP contribution >= 0.6 is 0 Å². The molecule has 122 valence electrons. The van der Waals surface area contributed by atoms with Crippen LogP contribution < -0.4 is 11.1 Å². The summed E-state index contributed by atoms with van der Waals surface area (Å²) >= 11 is 0. The molecule has 3 N–H and O–H groups in total. The SMILES string of the molecule is CC(NC(C(N)=O)c1ccccc1)c1ccccc1C(F)(F)F. The average Bonchev–Trinajstić information content (AvgIpc) is 2.52. The fourth-order valence-corrected chi connectivity index (χ4v) is 2.46. The molecule has 0 spiro atoms. The van der Waals surface area contributed by atoms with Gasteiger partial charge in [0.25, 0.3) is 0 Å². The number of carbonyl (C=O) groups is 1. The van der Waals surface area contributed by atoms with Gasteiger partial charge in [-0.3, -0.25) is 10.1 Å². The molecule has 0 aliphatic heterocycles. The Balaban J connectivity index is 2.31. The van der Waals surface area contributed by atoms with Crippen LogP contribution in [0.25, 0.3) is 0 Å². The van der Waals surface area contributed by atoms with Gasteiger partial charge in [-0.05, 0) is 24.1 Å². The van der Waals surface area contributed by atoms with E-state index in [1.807, 2.05) is 0 Å². The summed E-state index contributed by atoms with van der Waals surface area (Å²) in [5.74, 6) is -0.646. The van der Waals surface area contributed by atoms with E-state index in [-0.39, 0.29) is 5.56 Å². The number of nitrogens with two attached hydrogens (primary N) is 1. The van der Waals surface area contributed by atoms with E-state index in [4.69, 9.17) is 5.73 Å². The number of halogens is 3. The van der Waals surface area contributed by atoms with Crippen molar-refractivity contribution in [1.29, 1.82) is 0 Å². The lowest BCUT2D eigenvalue weighted by Crippen LogP contribution is -2.35. The van der Waals surface area contributed by atoms with Crippen LogP contribution in [0.2, 0.25) is 0 Å². The molecule has 2 rings (SSSR count). The van der Waals surface area contributed by atoms with E-state index in [0.717, 1.165) is 6.07 Å². The van der Waals surface area contributed by atoms with E-state index in [1.54, 1.807) is 37.3 Å². The zero-order valence-corrected chi connectivity index (χ0v) is 12.5. The number of benzene rings is 2. The van der Waals surface area contributed by atoms with Gasteiger partial charge in [-0.1, -0.05) is 48.5 Å². The van der Waals surface area contributed by atoms with Crippen LogP contribution in [0.5, 0.6) is 0 Å². The molecular weight excluding hydrogens is 305 g/mol. The Morgan fingerprint density at radius 1 is 1.04 bits per heavy atom. The number of primary amides is 1. The number of hydrogen-bond acceptors (Lipinski definition) is 2. The van der Waals surface area contributed by atoms with Crippen LogP contribution in [0, 0.1) is 0 Å². The van der Waals surface area contributed by atoms with Crippen molar-refractivity contribution in [3.63, 3.8) is 0 Å². The molecule has 2 atom stereocenters. The van der Waals surface area contributed by atoms with E-state index in [2.05, 4.69) is 5.32 Å². The van der Waals surface area contributed by atoms with Crippen molar-refractivity contribution in [2.75, 3.05) is 0 Å². The van der Waals surface area contributed by atoms with Crippen molar-refractivity contribution in [3.8, 4) is 0 Å². The molecule has 0 saturated carbocycles. The molecule has 0 aliphatic rings. The topological polar surface area (TPSA) is 55.1 Å². The highest BCUT2D eigenvalue weighted by Crippen LogP contribution is 2.35. The minimum absolute atomic E-state index is 0.0715. The van der Waals surface area contributed by atoms with Crippen LogP contribution in [0.4, 0.5) is 13.2 Å². The second-order valence-electron chi connectivity index (χ2n) is 5.22. The zero-order chi connectivity index (χ0) is 17.0. The second kappa shape index (κ2) is 6.83. The third kappa shape index (κ3) is 4.10. The van der Waals surface area contributed by atoms with Gasteiger partial charge >= 0.3 is 6.18 Å². The quantitative estimate of drug-likeness (QED) is 0.884. The van der Waals surface area contributed by atoms with Crippen LogP contribution in [-0.2, 0) is 11.0 Å². The van der Waals surface area contributed by atoms with E-state index in [1.165, 1.54) is 18.2 Å². The standard InChI is InChI=1S/C17H17F3N2O/c1-11(13-9-5-6-10-14(13)17(18,19)20)22-15(16(21)23)12-7-3-2-4-8-12/h2-11,15,22H,1H3,(H2,21,23). The van der Waals surface area contributed by atoms with Crippen LogP contribution in [0.15, 0.2) is 54.6 Å². The molecular formula is C17H17F3N2O. The van der Waals surface area contributed by atoms with Gasteiger partial charge in [0.05, 0.1) is 5.56 Å². The number of carbonyl (C=O) groups excluding carboxylic acids is 1. The van der Waals surface area contributed by atoms with E-state index in [9.17, 15) is 18.0 Å². The molecule has 23 heavy (non-hydrogen) atoms. The van der Waals surface area contributed by atoms with E-state index < -0.39 is 29.7 Å². The van der Waals surface area contributed by atoms with Gasteiger partial charge in [0, 0.05) is 6.04 Å². The molecule has 3 nitrogen and oxygen atoms in total. The number of hydrogen-bond donors (Lipinski definition) is 2. The molecule has 0 aliphatic carbocycles. The Hall–Kier alpha value is -2.34. The molecule has 2 unspecified atom stereocenters. The molecule has 0 radical (unpaired) electrons. The normalized spacial score (nSPS) is 14.3. The summed E-state index contributed by atoms with van der Waals surface area (Å²) in [4.78, 5) is 11.7. The number of nitrogens with one attached hydrogen (secondary N) is 1. The Labute approximate surface area is 132 Å². The molecule has 0 fully saturated rings. The third-order valence-corrected chi connectivity index (χ3v) is 3.57. The molecule has 0 bridgehead atoms. The van der Waals surface area contributed by atoms with Crippen LogP contribution in [0.3, 0.4) is 0 Å². The van der Waals surface area contributed by atoms with Crippen molar-refractivity contribution in [1.82, 2.24) is 5.32 Å². The summed E-state index contributed by atoms with van der Waals surface area (Å²) in [7, 11) is 0. The first-order valence-electron chi connectivity index (χ1n) is 7.07. The van der Waals surface area contributed by atoms with Crippen molar-refractivity contribution < 1.29 is 18.0 Å². The lowest BCUT2D eigenvalue weighted by molar-refractivity contribution is -0.138. The molecule has 2 aromatic rings. The van der Waals surface area contributed by atoms with Gasteiger partial charge in [-0.2, -0.15) is 13.2 Å². The Morgan fingerprint density at radius 3 is 2.17 bits per heavy atom. The number of rotatable bonds is 5. The monoisotopic (exact) mass is 322 g/mol. The van der Waals surface area contributed by atoms with Crippen molar-refractivity contribution in [2.45, 2.75) is 25.2 Å². The smallest absolute Gasteiger partial charge is 0.368 e. The van der Waals surface area contributed by atoms with E-state index in [0.29, 0.717) is 5.56 Å². The maximum atomic E-state index is 13.1. The predicted octanol–water partition coefficient (Wildman–Crippen LogP) is 3.58. The first-order valence-corrected chi connectivity index (χ1v) is 7.07. The minimum Gasteiger partial charge on any atom is -0.368 e. The summed E-state index contributed by atoms with van der Waals surface area (Å²) in [6, 6.07) is 12.4. The Morgan fingerprint density at radius 2 is 1.61 bits per heavy atom. The lowest BCUT2D eigenvalue weighted by atomic mass is 9.98. The summed E-state index contributed by atoms with van der Waals surface area (Å²) in [6.07, 6.45) is -4.46. The van der Waals surface area contributed by atoms with Crippen LogP contribution in [0.1, 0.15) is 35.7 Å². The van der Waals surface area contributed by atoms with Gasteiger partial charge < -0.3 is 5.73 Å². The van der Waals surface area contributed by atoms with Gasteiger partial charge in [0.15, 0.2) is 0 Å². The molecule has 0 saturated heterocycles. The largest absolute Gasteiger partial charge is 0.416 e. The van der Waals surface area contributed by atoms with Crippen molar-refractivity contribution in [3.05, 3.63) is 71.3 Å². The molecule has 6 heteroatoms. The van der Waals surface area contributed by atoms with Gasteiger partial charge in [0.1, 0.15) is 6.04 Å². The highest BCUT2D eigenvalue weighted by atomic mass is 19.4. The van der Waals surface area contributed by atoms with E-state index >= 15 is 0 Å². The van der Waals surface area contributed by atoms with Gasteiger partial charge in [0.2, 0.25) is 5.91 Å². The Kier molecular flexibility index (Phi) is 5.05. The average molecular weight is 322 g/mol.